The number of carboxylic acid groups (broad SMARTS) is 1. The molecule has 98 valence electrons. The lowest BCUT2D eigenvalue weighted by atomic mass is 9.89. The molecule has 2 unspecified atom stereocenters. The second-order valence-corrected chi connectivity index (χ2v) is 5.09. The SMILES string of the molecule is COC(C)c1cccc(C(CC(=O)O)C2CC2)c1. The van der Waals surface area contributed by atoms with Crippen LogP contribution in [0, 0.1) is 5.92 Å². The Kier molecular flexibility index (Phi) is 4.02. The summed E-state index contributed by atoms with van der Waals surface area (Å²) in [6.07, 6.45) is 2.59. The third kappa shape index (κ3) is 3.10. The fourth-order valence-electron chi connectivity index (χ4n) is 2.42. The Morgan fingerprint density at radius 3 is 2.67 bits per heavy atom. The second kappa shape index (κ2) is 5.53. The van der Waals surface area contributed by atoms with E-state index in [1.165, 1.54) is 0 Å². The van der Waals surface area contributed by atoms with E-state index in [9.17, 15) is 4.79 Å². The molecule has 0 spiro atoms. The van der Waals surface area contributed by atoms with Crippen LogP contribution in [0.25, 0.3) is 0 Å². The number of ether oxygens (including phenoxy) is 1. The maximum atomic E-state index is 11.0. The Labute approximate surface area is 108 Å². The van der Waals surface area contributed by atoms with Gasteiger partial charge < -0.3 is 9.84 Å². The van der Waals surface area contributed by atoms with Gasteiger partial charge in [0.2, 0.25) is 0 Å². The van der Waals surface area contributed by atoms with Gasteiger partial charge in [-0.15, -0.1) is 0 Å². The third-order valence-electron chi connectivity index (χ3n) is 3.75. The van der Waals surface area contributed by atoms with Crippen molar-refractivity contribution >= 4 is 5.97 Å². The van der Waals surface area contributed by atoms with Gasteiger partial charge in [0.15, 0.2) is 0 Å². The van der Waals surface area contributed by atoms with Gasteiger partial charge in [0.1, 0.15) is 0 Å². The van der Waals surface area contributed by atoms with Gasteiger partial charge in [0, 0.05) is 7.11 Å². The van der Waals surface area contributed by atoms with E-state index in [-0.39, 0.29) is 18.4 Å². The molecule has 0 aliphatic heterocycles. The second-order valence-electron chi connectivity index (χ2n) is 5.09. The number of carboxylic acids is 1. The van der Waals surface area contributed by atoms with Gasteiger partial charge in [-0.05, 0) is 42.7 Å². The van der Waals surface area contributed by atoms with Crippen molar-refractivity contribution in [1.29, 1.82) is 0 Å². The zero-order valence-electron chi connectivity index (χ0n) is 10.9. The molecular weight excluding hydrogens is 228 g/mol. The van der Waals surface area contributed by atoms with Gasteiger partial charge in [-0.2, -0.15) is 0 Å². The van der Waals surface area contributed by atoms with Crippen molar-refractivity contribution in [2.24, 2.45) is 5.92 Å². The Morgan fingerprint density at radius 2 is 2.11 bits per heavy atom. The van der Waals surface area contributed by atoms with Crippen molar-refractivity contribution in [2.45, 2.75) is 38.2 Å². The molecule has 1 aromatic carbocycles. The van der Waals surface area contributed by atoms with Crippen molar-refractivity contribution in [3.8, 4) is 0 Å². The summed E-state index contributed by atoms with van der Waals surface area (Å²) < 4.78 is 5.31. The number of benzene rings is 1. The minimum Gasteiger partial charge on any atom is -0.481 e. The van der Waals surface area contributed by atoms with E-state index in [1.54, 1.807) is 7.11 Å². The van der Waals surface area contributed by atoms with Gasteiger partial charge in [-0.1, -0.05) is 24.3 Å². The predicted molar refractivity (Wildman–Crippen MR) is 69.6 cm³/mol. The molecular formula is C15H20O3. The summed E-state index contributed by atoms with van der Waals surface area (Å²) in [6.45, 7) is 2.00. The average Bonchev–Trinajstić information content (AvgIpc) is 3.19. The van der Waals surface area contributed by atoms with Crippen LogP contribution in [0.5, 0.6) is 0 Å². The average molecular weight is 248 g/mol. The van der Waals surface area contributed by atoms with Crippen LogP contribution in [0.15, 0.2) is 24.3 Å². The lowest BCUT2D eigenvalue weighted by Crippen LogP contribution is -2.09. The van der Waals surface area contributed by atoms with Crippen molar-refractivity contribution in [3.05, 3.63) is 35.4 Å². The first-order valence-electron chi connectivity index (χ1n) is 6.46. The van der Waals surface area contributed by atoms with Crippen LogP contribution >= 0.6 is 0 Å². The normalized spacial score (nSPS) is 18.3. The van der Waals surface area contributed by atoms with E-state index in [0.717, 1.165) is 24.0 Å². The van der Waals surface area contributed by atoms with Gasteiger partial charge >= 0.3 is 5.97 Å². The van der Waals surface area contributed by atoms with Crippen LogP contribution in [-0.4, -0.2) is 18.2 Å². The number of methoxy groups -OCH3 is 1. The molecule has 3 nitrogen and oxygen atoms in total. The Hall–Kier alpha value is -1.35. The van der Waals surface area contributed by atoms with E-state index in [1.807, 2.05) is 25.1 Å². The molecule has 3 heteroatoms. The fraction of sp³-hybridized carbons (Fsp3) is 0.533. The van der Waals surface area contributed by atoms with Gasteiger partial charge in [0.25, 0.3) is 0 Å². The summed E-state index contributed by atoms with van der Waals surface area (Å²) in [4.78, 5) is 11.0. The molecule has 2 rings (SSSR count). The largest absolute Gasteiger partial charge is 0.481 e. The van der Waals surface area contributed by atoms with Crippen LogP contribution in [0.1, 0.15) is 49.3 Å². The molecule has 0 aromatic heterocycles. The molecule has 1 aliphatic rings. The zero-order chi connectivity index (χ0) is 13.1. The summed E-state index contributed by atoms with van der Waals surface area (Å²) in [5.41, 5.74) is 2.26. The quantitative estimate of drug-likeness (QED) is 0.839. The highest BCUT2D eigenvalue weighted by Gasteiger charge is 2.33. The highest BCUT2D eigenvalue weighted by molar-refractivity contribution is 5.68. The van der Waals surface area contributed by atoms with E-state index >= 15 is 0 Å². The first-order valence-corrected chi connectivity index (χ1v) is 6.46. The molecule has 0 radical (unpaired) electrons. The number of aliphatic carboxylic acids is 1. The maximum Gasteiger partial charge on any atom is 0.303 e. The highest BCUT2D eigenvalue weighted by Crippen LogP contribution is 2.44. The number of carbonyl (C=O) groups is 1. The van der Waals surface area contributed by atoms with Gasteiger partial charge in [0.05, 0.1) is 12.5 Å². The number of hydrogen-bond donors (Lipinski definition) is 1. The van der Waals surface area contributed by atoms with Crippen LogP contribution in [0.2, 0.25) is 0 Å². The summed E-state index contributed by atoms with van der Waals surface area (Å²) in [7, 11) is 1.69. The Bertz CT molecular complexity index is 424. The van der Waals surface area contributed by atoms with Gasteiger partial charge in [-0.3, -0.25) is 4.79 Å². The van der Waals surface area contributed by atoms with E-state index in [4.69, 9.17) is 9.84 Å². The molecule has 0 saturated heterocycles. The molecule has 1 aromatic rings. The molecule has 1 aliphatic carbocycles. The first-order chi connectivity index (χ1) is 8.61. The van der Waals surface area contributed by atoms with Crippen LogP contribution in [-0.2, 0) is 9.53 Å². The summed E-state index contributed by atoms with van der Waals surface area (Å²) >= 11 is 0. The molecule has 2 atom stereocenters. The van der Waals surface area contributed by atoms with E-state index in [0.29, 0.717) is 5.92 Å². The fourth-order valence-corrected chi connectivity index (χ4v) is 2.42. The highest BCUT2D eigenvalue weighted by atomic mass is 16.5. The van der Waals surface area contributed by atoms with Crippen molar-refractivity contribution in [3.63, 3.8) is 0 Å². The van der Waals surface area contributed by atoms with Crippen molar-refractivity contribution in [1.82, 2.24) is 0 Å². The van der Waals surface area contributed by atoms with E-state index in [2.05, 4.69) is 6.07 Å². The Morgan fingerprint density at radius 1 is 1.44 bits per heavy atom. The van der Waals surface area contributed by atoms with Crippen LogP contribution < -0.4 is 0 Å². The lowest BCUT2D eigenvalue weighted by Gasteiger charge is -2.17. The van der Waals surface area contributed by atoms with Crippen molar-refractivity contribution in [2.75, 3.05) is 7.11 Å². The van der Waals surface area contributed by atoms with Crippen molar-refractivity contribution < 1.29 is 14.6 Å². The number of rotatable bonds is 6. The third-order valence-corrected chi connectivity index (χ3v) is 3.75. The monoisotopic (exact) mass is 248 g/mol. The maximum absolute atomic E-state index is 11.0. The topological polar surface area (TPSA) is 46.5 Å². The van der Waals surface area contributed by atoms with Crippen LogP contribution in [0.4, 0.5) is 0 Å². The minimum absolute atomic E-state index is 0.0506. The Balaban J connectivity index is 2.21. The lowest BCUT2D eigenvalue weighted by molar-refractivity contribution is -0.137. The zero-order valence-corrected chi connectivity index (χ0v) is 10.9. The smallest absolute Gasteiger partial charge is 0.303 e. The molecule has 0 amide bonds. The standard InChI is InChI=1S/C15H20O3/c1-10(18-2)12-4-3-5-13(8-12)14(9-15(16)17)11-6-7-11/h3-5,8,10-11,14H,6-7,9H2,1-2H3,(H,16,17). The summed E-state index contributed by atoms with van der Waals surface area (Å²) in [5.74, 6) is -0.00204. The molecule has 0 bridgehead atoms. The molecule has 1 N–H and O–H groups in total. The molecule has 1 saturated carbocycles. The van der Waals surface area contributed by atoms with Crippen LogP contribution in [0.3, 0.4) is 0 Å². The number of hydrogen-bond acceptors (Lipinski definition) is 2. The molecule has 18 heavy (non-hydrogen) atoms. The first kappa shape index (κ1) is 13.1. The molecule has 0 heterocycles. The summed E-state index contributed by atoms with van der Waals surface area (Å²) in [6, 6.07) is 8.16. The van der Waals surface area contributed by atoms with E-state index < -0.39 is 5.97 Å². The minimum atomic E-state index is -0.711. The van der Waals surface area contributed by atoms with Gasteiger partial charge in [-0.25, -0.2) is 0 Å². The molecule has 1 fully saturated rings. The predicted octanol–water partition coefficient (Wildman–Crippen LogP) is 3.36. The summed E-state index contributed by atoms with van der Waals surface area (Å²) in [5, 5.41) is 9.02.